The second kappa shape index (κ2) is 7.05. The number of furan rings is 1. The third-order valence-electron chi connectivity index (χ3n) is 5.56. The Bertz CT molecular complexity index is 1060. The number of nitrogens with one attached hydrogen (secondary N) is 1. The molecule has 3 heterocycles. The molecule has 2 aromatic carbocycles. The first-order valence-electron chi connectivity index (χ1n) is 9.65. The third kappa shape index (κ3) is 3.28. The van der Waals surface area contributed by atoms with Crippen molar-refractivity contribution in [2.75, 3.05) is 18.0 Å². The minimum atomic E-state index is 0.552. The highest BCUT2D eigenvalue weighted by Gasteiger charge is 2.21. The molecule has 2 aromatic heterocycles. The van der Waals surface area contributed by atoms with Crippen LogP contribution in [0.4, 0.5) is 5.82 Å². The molecule has 1 fully saturated rings. The lowest BCUT2D eigenvalue weighted by molar-refractivity contribution is 0.413. The van der Waals surface area contributed by atoms with Gasteiger partial charge in [0.25, 0.3) is 0 Å². The van der Waals surface area contributed by atoms with E-state index in [1.807, 2.05) is 18.3 Å². The molecule has 1 N–H and O–H groups in total. The van der Waals surface area contributed by atoms with Gasteiger partial charge in [-0.05, 0) is 47.4 Å². The summed E-state index contributed by atoms with van der Waals surface area (Å²) in [6.07, 6.45) is 5.84. The van der Waals surface area contributed by atoms with Gasteiger partial charge in [-0.3, -0.25) is 0 Å². The Labute approximate surface area is 158 Å². The van der Waals surface area contributed by atoms with Crippen molar-refractivity contribution in [3.8, 4) is 0 Å². The number of pyridine rings is 1. The molecule has 1 aliphatic rings. The molecule has 0 atom stereocenters. The van der Waals surface area contributed by atoms with E-state index >= 15 is 0 Å². The number of piperidine rings is 1. The van der Waals surface area contributed by atoms with Crippen molar-refractivity contribution >= 4 is 27.6 Å². The van der Waals surface area contributed by atoms with Gasteiger partial charge in [-0.15, -0.1) is 0 Å². The summed E-state index contributed by atoms with van der Waals surface area (Å²) in [5.74, 6) is 1.05. The van der Waals surface area contributed by atoms with Gasteiger partial charge in [-0.25, -0.2) is 4.98 Å². The highest BCUT2D eigenvalue weighted by molar-refractivity contribution is 5.88. The Hall–Kier alpha value is -2.85. The lowest BCUT2D eigenvalue weighted by atomic mass is 10.0. The van der Waals surface area contributed by atoms with Gasteiger partial charge in [-0.2, -0.15) is 0 Å². The van der Waals surface area contributed by atoms with Crippen LogP contribution in [0.2, 0.25) is 0 Å². The molecule has 4 heteroatoms. The van der Waals surface area contributed by atoms with E-state index in [9.17, 15) is 0 Å². The number of anilines is 1. The zero-order valence-electron chi connectivity index (χ0n) is 15.3. The molecule has 136 valence electrons. The number of benzene rings is 2. The smallest absolute Gasteiger partial charge is 0.139 e. The second-order valence-corrected chi connectivity index (χ2v) is 7.29. The van der Waals surface area contributed by atoms with Crippen LogP contribution in [-0.2, 0) is 6.54 Å². The molecule has 0 spiro atoms. The zero-order chi connectivity index (χ0) is 18.1. The maximum Gasteiger partial charge on any atom is 0.139 e. The van der Waals surface area contributed by atoms with E-state index in [0.717, 1.165) is 49.3 Å². The van der Waals surface area contributed by atoms with Gasteiger partial charge in [0.05, 0.1) is 11.6 Å². The maximum atomic E-state index is 5.51. The fourth-order valence-corrected chi connectivity index (χ4v) is 4.04. The minimum Gasteiger partial charge on any atom is -0.464 e. The van der Waals surface area contributed by atoms with E-state index in [2.05, 4.69) is 57.7 Å². The zero-order valence-corrected chi connectivity index (χ0v) is 15.3. The van der Waals surface area contributed by atoms with Crippen molar-refractivity contribution in [1.82, 2.24) is 10.3 Å². The van der Waals surface area contributed by atoms with E-state index in [0.29, 0.717) is 6.04 Å². The molecule has 4 aromatic rings. The van der Waals surface area contributed by atoms with Crippen molar-refractivity contribution in [2.45, 2.75) is 25.4 Å². The predicted molar refractivity (Wildman–Crippen MR) is 110 cm³/mol. The van der Waals surface area contributed by atoms with Crippen LogP contribution in [-0.4, -0.2) is 24.1 Å². The summed E-state index contributed by atoms with van der Waals surface area (Å²) in [5, 5.41) is 7.46. The van der Waals surface area contributed by atoms with E-state index in [-0.39, 0.29) is 0 Å². The highest BCUT2D eigenvalue weighted by atomic mass is 16.3. The van der Waals surface area contributed by atoms with Crippen LogP contribution in [0.15, 0.2) is 71.5 Å². The summed E-state index contributed by atoms with van der Waals surface area (Å²) < 4.78 is 5.51. The fourth-order valence-electron chi connectivity index (χ4n) is 4.04. The van der Waals surface area contributed by atoms with Crippen LogP contribution in [0.5, 0.6) is 0 Å². The van der Waals surface area contributed by atoms with Crippen molar-refractivity contribution in [3.05, 3.63) is 72.6 Å². The fraction of sp³-hybridized carbons (Fsp3) is 0.261. The first-order chi connectivity index (χ1) is 13.4. The molecule has 1 saturated heterocycles. The predicted octanol–water partition coefficient (Wildman–Crippen LogP) is 4.74. The van der Waals surface area contributed by atoms with Crippen molar-refractivity contribution < 1.29 is 4.42 Å². The lowest BCUT2D eigenvalue weighted by Gasteiger charge is -2.33. The first-order valence-corrected chi connectivity index (χ1v) is 9.65. The molecule has 0 unspecified atom stereocenters. The summed E-state index contributed by atoms with van der Waals surface area (Å²) in [6.45, 7) is 2.96. The highest BCUT2D eigenvalue weighted by Crippen LogP contribution is 2.27. The third-order valence-corrected chi connectivity index (χ3v) is 5.56. The van der Waals surface area contributed by atoms with Crippen LogP contribution >= 0.6 is 0 Å². The molecule has 0 amide bonds. The van der Waals surface area contributed by atoms with Crippen LogP contribution in [0.3, 0.4) is 0 Å². The molecular formula is C23H23N3O. The van der Waals surface area contributed by atoms with Gasteiger partial charge in [0, 0.05) is 31.9 Å². The van der Waals surface area contributed by atoms with Gasteiger partial charge in [0.2, 0.25) is 0 Å². The Morgan fingerprint density at radius 1 is 1.00 bits per heavy atom. The van der Waals surface area contributed by atoms with E-state index < -0.39 is 0 Å². The number of fused-ring (bicyclic) bond motifs is 2. The van der Waals surface area contributed by atoms with Crippen molar-refractivity contribution in [2.24, 2.45) is 0 Å². The van der Waals surface area contributed by atoms with E-state index in [1.54, 1.807) is 6.26 Å². The van der Waals surface area contributed by atoms with Crippen LogP contribution in [0.25, 0.3) is 21.7 Å². The summed E-state index contributed by atoms with van der Waals surface area (Å²) in [6, 6.07) is 19.8. The molecule has 0 radical (unpaired) electrons. The summed E-state index contributed by atoms with van der Waals surface area (Å²) in [7, 11) is 0. The van der Waals surface area contributed by atoms with Crippen molar-refractivity contribution in [3.63, 3.8) is 0 Å². The van der Waals surface area contributed by atoms with Gasteiger partial charge in [0.1, 0.15) is 11.4 Å². The molecular weight excluding hydrogens is 334 g/mol. The maximum absolute atomic E-state index is 5.51. The van der Waals surface area contributed by atoms with E-state index in [4.69, 9.17) is 4.42 Å². The number of hydrogen-bond donors (Lipinski definition) is 1. The minimum absolute atomic E-state index is 0.552. The van der Waals surface area contributed by atoms with Crippen molar-refractivity contribution in [1.29, 1.82) is 0 Å². The van der Waals surface area contributed by atoms with E-state index in [1.165, 1.54) is 16.3 Å². The van der Waals surface area contributed by atoms with Gasteiger partial charge in [-0.1, -0.05) is 36.4 Å². The molecule has 0 saturated carbocycles. The Kier molecular flexibility index (Phi) is 4.26. The molecule has 0 bridgehead atoms. The Morgan fingerprint density at radius 3 is 2.74 bits per heavy atom. The van der Waals surface area contributed by atoms with Crippen LogP contribution in [0.1, 0.15) is 18.4 Å². The average molecular weight is 357 g/mol. The number of aromatic nitrogens is 1. The summed E-state index contributed by atoms with van der Waals surface area (Å²) in [4.78, 5) is 6.98. The Balaban J connectivity index is 1.21. The summed E-state index contributed by atoms with van der Waals surface area (Å²) in [5.41, 5.74) is 2.26. The lowest BCUT2D eigenvalue weighted by Crippen LogP contribution is -2.42. The number of hydrogen-bond acceptors (Lipinski definition) is 4. The monoisotopic (exact) mass is 357 g/mol. The number of nitrogens with zero attached hydrogens (tertiary/aromatic N) is 2. The average Bonchev–Trinajstić information content (AvgIpc) is 3.21. The standard InChI is InChI=1S/C23H23N3O/c1-2-4-19-15-17(5-6-18(19)3-1)16-25-20-8-12-26(13-9-20)23-21-10-14-27-22(21)7-11-24-23/h1-7,10-11,14-15,20,25H,8-9,12-13,16H2. The number of rotatable bonds is 4. The molecule has 4 nitrogen and oxygen atoms in total. The largest absolute Gasteiger partial charge is 0.464 e. The molecule has 0 aliphatic carbocycles. The SMILES string of the molecule is c1ccc2cc(CNC3CCN(c4nccc5occc45)CC3)ccc2c1. The van der Waals surface area contributed by atoms with Gasteiger partial charge >= 0.3 is 0 Å². The van der Waals surface area contributed by atoms with Crippen LogP contribution < -0.4 is 10.2 Å². The quantitative estimate of drug-likeness (QED) is 0.573. The molecule has 27 heavy (non-hydrogen) atoms. The normalized spacial score (nSPS) is 15.6. The topological polar surface area (TPSA) is 41.3 Å². The summed E-state index contributed by atoms with van der Waals surface area (Å²) >= 11 is 0. The first kappa shape index (κ1) is 16.3. The van der Waals surface area contributed by atoms with Gasteiger partial charge < -0.3 is 14.6 Å². The Morgan fingerprint density at radius 2 is 1.85 bits per heavy atom. The second-order valence-electron chi connectivity index (χ2n) is 7.29. The van der Waals surface area contributed by atoms with Crippen LogP contribution in [0, 0.1) is 0 Å². The molecule has 5 rings (SSSR count). The van der Waals surface area contributed by atoms with Gasteiger partial charge in [0.15, 0.2) is 0 Å². The molecule has 1 aliphatic heterocycles.